The monoisotopic (exact) mass is 345 g/mol. The average molecular weight is 346 g/mol. The normalized spacial score (nSPS) is 15.9. The number of carbonyl (C=O) groups excluding carboxylic acids is 1. The lowest BCUT2D eigenvalue weighted by Crippen LogP contribution is -2.52. The highest BCUT2D eigenvalue weighted by atomic mass is 35.5. The molecule has 0 radical (unpaired) electrons. The molecule has 1 fully saturated rings. The van der Waals surface area contributed by atoms with Gasteiger partial charge in [0.1, 0.15) is 0 Å². The number of urea groups is 1. The molecule has 0 saturated carbocycles. The zero-order valence-electron chi connectivity index (χ0n) is 13.5. The quantitative estimate of drug-likeness (QED) is 0.929. The number of benzene rings is 1. The summed E-state index contributed by atoms with van der Waals surface area (Å²) in [5.41, 5.74) is 0.920. The first-order valence-electron chi connectivity index (χ1n) is 7.97. The molecular weight excluding hydrogens is 326 g/mol. The number of carbonyl (C=O) groups is 1. The van der Waals surface area contributed by atoms with Crippen LogP contribution in [0.3, 0.4) is 0 Å². The molecule has 1 N–H and O–H groups in total. The predicted molar refractivity (Wildman–Crippen MR) is 94.2 cm³/mol. The second kappa shape index (κ2) is 7.49. The Hall–Kier alpha value is -2.34. The summed E-state index contributed by atoms with van der Waals surface area (Å²) in [6.07, 6.45) is 3.46. The third-order valence-electron chi connectivity index (χ3n) is 4.11. The van der Waals surface area contributed by atoms with Crippen molar-refractivity contribution in [3.05, 3.63) is 53.3 Å². The molecule has 1 atom stereocenters. The van der Waals surface area contributed by atoms with E-state index < -0.39 is 0 Å². The van der Waals surface area contributed by atoms with Gasteiger partial charge in [-0.3, -0.25) is 0 Å². The Bertz CT molecular complexity index is 688. The highest BCUT2D eigenvalue weighted by molar-refractivity contribution is 6.31. The van der Waals surface area contributed by atoms with Crippen LogP contribution in [-0.4, -0.2) is 47.1 Å². The average Bonchev–Trinajstić information content (AvgIpc) is 2.63. The first kappa shape index (κ1) is 16.5. The van der Waals surface area contributed by atoms with Crippen LogP contribution < -0.4 is 10.2 Å². The second-order valence-electron chi connectivity index (χ2n) is 5.72. The van der Waals surface area contributed by atoms with Crippen molar-refractivity contribution < 1.29 is 4.79 Å². The summed E-state index contributed by atoms with van der Waals surface area (Å²) >= 11 is 6.19. The lowest BCUT2D eigenvalue weighted by molar-refractivity contribution is 0.191. The number of halogens is 1. The zero-order valence-corrected chi connectivity index (χ0v) is 14.3. The summed E-state index contributed by atoms with van der Waals surface area (Å²) in [4.78, 5) is 24.9. The van der Waals surface area contributed by atoms with Gasteiger partial charge < -0.3 is 15.1 Å². The van der Waals surface area contributed by atoms with Crippen molar-refractivity contribution in [2.24, 2.45) is 0 Å². The number of anilines is 1. The molecule has 1 aliphatic heterocycles. The zero-order chi connectivity index (χ0) is 16.9. The number of hydrogen-bond acceptors (Lipinski definition) is 4. The summed E-state index contributed by atoms with van der Waals surface area (Å²) in [5, 5.41) is 3.68. The van der Waals surface area contributed by atoms with Gasteiger partial charge >= 0.3 is 6.03 Å². The van der Waals surface area contributed by atoms with Gasteiger partial charge in [-0.2, -0.15) is 0 Å². The molecule has 7 heteroatoms. The van der Waals surface area contributed by atoms with E-state index in [1.54, 1.807) is 18.5 Å². The second-order valence-corrected chi connectivity index (χ2v) is 6.12. The summed E-state index contributed by atoms with van der Waals surface area (Å²) in [6, 6.07) is 9.14. The molecule has 0 unspecified atom stereocenters. The van der Waals surface area contributed by atoms with Crippen LogP contribution in [0.5, 0.6) is 0 Å². The van der Waals surface area contributed by atoms with Crippen molar-refractivity contribution in [1.29, 1.82) is 0 Å². The molecule has 0 spiro atoms. The van der Waals surface area contributed by atoms with E-state index in [0.29, 0.717) is 24.1 Å². The molecule has 6 nitrogen and oxygen atoms in total. The molecule has 1 aliphatic rings. The van der Waals surface area contributed by atoms with Gasteiger partial charge in [-0.25, -0.2) is 14.8 Å². The van der Waals surface area contributed by atoms with Crippen LogP contribution in [0.25, 0.3) is 0 Å². The van der Waals surface area contributed by atoms with Gasteiger partial charge in [0.25, 0.3) is 0 Å². The lowest BCUT2D eigenvalue weighted by Gasteiger charge is -2.35. The highest BCUT2D eigenvalue weighted by Crippen LogP contribution is 2.22. The van der Waals surface area contributed by atoms with Gasteiger partial charge in [-0.05, 0) is 24.6 Å². The molecule has 24 heavy (non-hydrogen) atoms. The Labute approximate surface area is 146 Å². The Balaban J connectivity index is 1.55. The van der Waals surface area contributed by atoms with Crippen molar-refractivity contribution >= 4 is 23.6 Å². The smallest absolute Gasteiger partial charge is 0.317 e. The first-order valence-corrected chi connectivity index (χ1v) is 8.35. The number of piperazine rings is 1. The van der Waals surface area contributed by atoms with Gasteiger partial charge in [0.15, 0.2) is 0 Å². The van der Waals surface area contributed by atoms with Crippen molar-refractivity contribution in [2.45, 2.75) is 13.0 Å². The van der Waals surface area contributed by atoms with E-state index in [-0.39, 0.29) is 12.1 Å². The van der Waals surface area contributed by atoms with Crippen LogP contribution in [0.1, 0.15) is 18.5 Å². The minimum absolute atomic E-state index is 0.0731. The van der Waals surface area contributed by atoms with Gasteiger partial charge in [-0.15, -0.1) is 0 Å². The Kier molecular flexibility index (Phi) is 5.15. The van der Waals surface area contributed by atoms with Crippen LogP contribution in [0.2, 0.25) is 5.02 Å². The van der Waals surface area contributed by atoms with Crippen molar-refractivity contribution in [2.75, 3.05) is 31.1 Å². The van der Waals surface area contributed by atoms with E-state index in [1.807, 2.05) is 36.1 Å². The van der Waals surface area contributed by atoms with Crippen LogP contribution >= 0.6 is 11.6 Å². The van der Waals surface area contributed by atoms with Gasteiger partial charge in [0, 0.05) is 43.6 Å². The van der Waals surface area contributed by atoms with Crippen molar-refractivity contribution in [3.8, 4) is 0 Å². The molecule has 1 aromatic heterocycles. The molecule has 2 heterocycles. The fourth-order valence-electron chi connectivity index (χ4n) is 2.74. The van der Waals surface area contributed by atoms with Gasteiger partial charge in [0.2, 0.25) is 5.95 Å². The van der Waals surface area contributed by atoms with E-state index in [9.17, 15) is 4.79 Å². The summed E-state index contributed by atoms with van der Waals surface area (Å²) in [6.45, 7) is 4.65. The Morgan fingerprint density at radius 2 is 1.79 bits per heavy atom. The van der Waals surface area contributed by atoms with Crippen molar-refractivity contribution in [3.63, 3.8) is 0 Å². The molecule has 1 saturated heterocycles. The number of nitrogens with zero attached hydrogens (tertiary/aromatic N) is 4. The van der Waals surface area contributed by atoms with Crippen LogP contribution in [0, 0.1) is 0 Å². The van der Waals surface area contributed by atoms with E-state index >= 15 is 0 Å². The van der Waals surface area contributed by atoms with E-state index in [2.05, 4.69) is 20.2 Å². The fraction of sp³-hybridized carbons (Fsp3) is 0.353. The first-order chi connectivity index (χ1) is 11.6. The minimum Gasteiger partial charge on any atom is -0.337 e. The molecule has 126 valence electrons. The van der Waals surface area contributed by atoms with Crippen LogP contribution in [-0.2, 0) is 0 Å². The number of aromatic nitrogens is 2. The maximum absolute atomic E-state index is 12.5. The number of rotatable bonds is 3. The maximum Gasteiger partial charge on any atom is 0.317 e. The maximum atomic E-state index is 12.5. The molecule has 2 amide bonds. The van der Waals surface area contributed by atoms with E-state index in [0.717, 1.165) is 18.7 Å². The third kappa shape index (κ3) is 3.76. The predicted octanol–water partition coefficient (Wildman–Crippen LogP) is 2.72. The van der Waals surface area contributed by atoms with Gasteiger partial charge in [-0.1, -0.05) is 29.8 Å². The number of hydrogen-bond donors (Lipinski definition) is 1. The van der Waals surface area contributed by atoms with E-state index in [4.69, 9.17) is 11.6 Å². The summed E-state index contributed by atoms with van der Waals surface area (Å²) < 4.78 is 0. The van der Waals surface area contributed by atoms with E-state index in [1.165, 1.54) is 0 Å². The van der Waals surface area contributed by atoms with Crippen LogP contribution in [0.15, 0.2) is 42.7 Å². The van der Waals surface area contributed by atoms with Crippen LogP contribution in [0.4, 0.5) is 10.7 Å². The standard InChI is InChI=1S/C17H20ClN5O/c1-13(14-5-2-3-6-15(14)18)21-17(24)23-11-9-22(10-12-23)16-19-7-4-8-20-16/h2-8,13H,9-12H2,1H3,(H,21,24)/t13-/m0/s1. The summed E-state index contributed by atoms with van der Waals surface area (Å²) in [5.74, 6) is 0.710. The largest absolute Gasteiger partial charge is 0.337 e. The molecule has 0 bridgehead atoms. The Morgan fingerprint density at radius 3 is 2.46 bits per heavy atom. The summed E-state index contributed by atoms with van der Waals surface area (Å²) in [7, 11) is 0. The number of nitrogens with one attached hydrogen (secondary N) is 1. The molecule has 0 aliphatic carbocycles. The molecule has 3 rings (SSSR count). The van der Waals surface area contributed by atoms with Gasteiger partial charge in [0.05, 0.1) is 6.04 Å². The molecule has 1 aromatic carbocycles. The lowest BCUT2D eigenvalue weighted by atomic mass is 10.1. The number of amides is 2. The SMILES string of the molecule is C[C@H](NC(=O)N1CCN(c2ncccn2)CC1)c1ccccc1Cl. The minimum atomic E-state index is -0.137. The van der Waals surface area contributed by atoms with Crippen molar-refractivity contribution in [1.82, 2.24) is 20.2 Å². The topological polar surface area (TPSA) is 61.4 Å². The fourth-order valence-corrected chi connectivity index (χ4v) is 3.04. The molecule has 2 aromatic rings. The highest BCUT2D eigenvalue weighted by Gasteiger charge is 2.23. The molecular formula is C17H20ClN5O. The third-order valence-corrected chi connectivity index (χ3v) is 4.46. The Morgan fingerprint density at radius 1 is 1.12 bits per heavy atom.